The standard InChI is InChI=1S/C16H20FN3O2/c1-16(2,3)22-15(21)20-7-6-19-10-14(20)11-4-5-12(9-18)13(17)8-11/h4-5,8,14,19H,6-7,10H2,1-3H3. The zero-order valence-corrected chi connectivity index (χ0v) is 13.0. The van der Waals surface area contributed by atoms with Crippen molar-refractivity contribution in [3.05, 3.63) is 35.1 Å². The number of nitrogens with zero attached hydrogens (tertiary/aromatic N) is 2. The summed E-state index contributed by atoms with van der Waals surface area (Å²) < 4.78 is 19.2. The summed E-state index contributed by atoms with van der Waals surface area (Å²) in [6, 6.07) is 5.91. The molecule has 6 heteroatoms. The van der Waals surface area contributed by atoms with Crippen LogP contribution in [0.2, 0.25) is 0 Å². The first-order chi connectivity index (χ1) is 10.3. The number of carbonyl (C=O) groups is 1. The molecule has 1 N–H and O–H groups in total. The number of ether oxygens (including phenoxy) is 1. The molecule has 0 radical (unpaired) electrons. The van der Waals surface area contributed by atoms with Crippen LogP contribution in [0.1, 0.15) is 37.9 Å². The van der Waals surface area contributed by atoms with Gasteiger partial charge in [0.1, 0.15) is 17.5 Å². The molecule has 1 saturated heterocycles. The van der Waals surface area contributed by atoms with E-state index in [2.05, 4.69) is 5.32 Å². The van der Waals surface area contributed by atoms with Gasteiger partial charge in [-0.05, 0) is 38.5 Å². The van der Waals surface area contributed by atoms with Crippen LogP contribution in [0.4, 0.5) is 9.18 Å². The Bertz CT molecular complexity index is 604. The van der Waals surface area contributed by atoms with Crippen LogP contribution < -0.4 is 5.32 Å². The van der Waals surface area contributed by atoms with Crippen molar-refractivity contribution < 1.29 is 13.9 Å². The summed E-state index contributed by atoms with van der Waals surface area (Å²) in [4.78, 5) is 13.9. The predicted octanol–water partition coefficient (Wildman–Crippen LogP) is 2.58. The molecule has 1 aromatic carbocycles. The summed E-state index contributed by atoms with van der Waals surface area (Å²) in [6.07, 6.45) is -0.413. The summed E-state index contributed by atoms with van der Waals surface area (Å²) in [7, 11) is 0. The molecular formula is C16H20FN3O2. The number of halogens is 1. The Hall–Kier alpha value is -2.13. The van der Waals surface area contributed by atoms with E-state index in [9.17, 15) is 9.18 Å². The Morgan fingerprint density at radius 2 is 2.23 bits per heavy atom. The van der Waals surface area contributed by atoms with Crippen LogP contribution in [0.3, 0.4) is 0 Å². The third kappa shape index (κ3) is 3.74. The lowest BCUT2D eigenvalue weighted by molar-refractivity contribution is 0.0117. The zero-order chi connectivity index (χ0) is 16.3. The van der Waals surface area contributed by atoms with Crippen molar-refractivity contribution in [3.63, 3.8) is 0 Å². The first kappa shape index (κ1) is 16.2. The molecule has 1 heterocycles. The van der Waals surface area contributed by atoms with Crippen molar-refractivity contribution in [1.29, 1.82) is 5.26 Å². The summed E-state index contributed by atoms with van der Waals surface area (Å²) in [5, 5.41) is 12.0. The van der Waals surface area contributed by atoms with Crippen LogP contribution in [0.15, 0.2) is 18.2 Å². The van der Waals surface area contributed by atoms with Crippen molar-refractivity contribution >= 4 is 6.09 Å². The Balaban J connectivity index is 2.25. The highest BCUT2D eigenvalue weighted by atomic mass is 19.1. The number of nitrogens with one attached hydrogen (secondary N) is 1. The molecule has 1 aromatic rings. The smallest absolute Gasteiger partial charge is 0.410 e. The van der Waals surface area contributed by atoms with Crippen LogP contribution in [-0.4, -0.2) is 36.2 Å². The largest absolute Gasteiger partial charge is 0.444 e. The van der Waals surface area contributed by atoms with Gasteiger partial charge < -0.3 is 10.1 Å². The highest BCUT2D eigenvalue weighted by Crippen LogP contribution is 2.25. The number of amides is 1. The molecule has 0 bridgehead atoms. The van der Waals surface area contributed by atoms with Crippen molar-refractivity contribution in [2.24, 2.45) is 0 Å². The van der Waals surface area contributed by atoms with Crippen molar-refractivity contribution in [2.45, 2.75) is 32.4 Å². The molecule has 1 amide bonds. The van der Waals surface area contributed by atoms with E-state index in [0.717, 1.165) is 0 Å². The minimum Gasteiger partial charge on any atom is -0.444 e. The van der Waals surface area contributed by atoms with E-state index < -0.39 is 17.5 Å². The normalized spacial score (nSPS) is 18.7. The van der Waals surface area contributed by atoms with E-state index in [0.29, 0.717) is 25.2 Å². The molecule has 1 aliphatic heterocycles. The van der Waals surface area contributed by atoms with Gasteiger partial charge in [0, 0.05) is 19.6 Å². The fourth-order valence-electron chi connectivity index (χ4n) is 2.37. The number of hydrogen-bond acceptors (Lipinski definition) is 4. The maximum absolute atomic E-state index is 13.8. The number of rotatable bonds is 1. The number of nitriles is 1. The Morgan fingerprint density at radius 1 is 1.50 bits per heavy atom. The number of hydrogen-bond donors (Lipinski definition) is 1. The second-order valence-electron chi connectivity index (χ2n) is 6.24. The summed E-state index contributed by atoms with van der Waals surface area (Å²) in [5.41, 5.74) is 0.0634. The van der Waals surface area contributed by atoms with E-state index in [1.54, 1.807) is 17.0 Å². The minimum absolute atomic E-state index is 0.00339. The van der Waals surface area contributed by atoms with Crippen LogP contribution in [0.5, 0.6) is 0 Å². The quantitative estimate of drug-likeness (QED) is 0.866. The topological polar surface area (TPSA) is 65.4 Å². The molecule has 22 heavy (non-hydrogen) atoms. The van der Waals surface area contributed by atoms with Gasteiger partial charge in [-0.25, -0.2) is 9.18 Å². The van der Waals surface area contributed by atoms with Gasteiger partial charge in [0.05, 0.1) is 11.6 Å². The fraction of sp³-hybridized carbons (Fsp3) is 0.500. The lowest BCUT2D eigenvalue weighted by Gasteiger charge is -2.37. The van der Waals surface area contributed by atoms with Crippen molar-refractivity contribution in [2.75, 3.05) is 19.6 Å². The second-order valence-corrected chi connectivity index (χ2v) is 6.24. The molecule has 0 aliphatic carbocycles. The second kappa shape index (κ2) is 6.32. The molecule has 2 rings (SSSR count). The van der Waals surface area contributed by atoms with E-state index in [4.69, 9.17) is 10.00 Å². The highest BCUT2D eigenvalue weighted by molar-refractivity contribution is 5.69. The third-order valence-electron chi connectivity index (χ3n) is 3.37. The maximum atomic E-state index is 13.8. The molecule has 1 aliphatic rings. The third-order valence-corrected chi connectivity index (χ3v) is 3.37. The number of benzene rings is 1. The molecule has 1 fully saturated rings. The SMILES string of the molecule is CC(C)(C)OC(=O)N1CCNCC1c1ccc(C#N)c(F)c1. The van der Waals surface area contributed by atoms with E-state index in [1.165, 1.54) is 12.1 Å². The van der Waals surface area contributed by atoms with E-state index >= 15 is 0 Å². The molecule has 0 aromatic heterocycles. The zero-order valence-electron chi connectivity index (χ0n) is 13.0. The van der Waals surface area contributed by atoms with Gasteiger partial charge >= 0.3 is 6.09 Å². The lowest BCUT2D eigenvalue weighted by Crippen LogP contribution is -2.50. The summed E-state index contributed by atoms with van der Waals surface area (Å²) in [5.74, 6) is -0.574. The van der Waals surface area contributed by atoms with Gasteiger partial charge in [-0.2, -0.15) is 5.26 Å². The molecule has 5 nitrogen and oxygen atoms in total. The van der Waals surface area contributed by atoms with Gasteiger partial charge in [0.25, 0.3) is 0 Å². The molecule has 0 saturated carbocycles. The van der Waals surface area contributed by atoms with Crippen molar-refractivity contribution in [1.82, 2.24) is 10.2 Å². The summed E-state index contributed by atoms with van der Waals surface area (Å²) >= 11 is 0. The van der Waals surface area contributed by atoms with Crippen molar-refractivity contribution in [3.8, 4) is 6.07 Å². The van der Waals surface area contributed by atoms with Crippen LogP contribution >= 0.6 is 0 Å². The molecular weight excluding hydrogens is 285 g/mol. The maximum Gasteiger partial charge on any atom is 0.410 e. The van der Waals surface area contributed by atoms with Gasteiger partial charge in [-0.15, -0.1) is 0 Å². The van der Waals surface area contributed by atoms with Gasteiger partial charge in [0.15, 0.2) is 0 Å². The molecule has 1 unspecified atom stereocenters. The molecule has 0 spiro atoms. The molecule has 1 atom stereocenters. The first-order valence-electron chi connectivity index (χ1n) is 7.22. The predicted molar refractivity (Wildman–Crippen MR) is 79.7 cm³/mol. The Morgan fingerprint density at radius 3 is 2.82 bits per heavy atom. The van der Waals surface area contributed by atoms with Crippen LogP contribution in [-0.2, 0) is 4.74 Å². The number of carbonyl (C=O) groups excluding carboxylic acids is 1. The average Bonchev–Trinajstić information content (AvgIpc) is 2.45. The molecule has 118 valence electrons. The average molecular weight is 305 g/mol. The Kier molecular flexibility index (Phi) is 4.67. The summed E-state index contributed by atoms with van der Waals surface area (Å²) in [6.45, 7) is 7.09. The highest BCUT2D eigenvalue weighted by Gasteiger charge is 2.31. The first-order valence-corrected chi connectivity index (χ1v) is 7.22. The van der Waals surface area contributed by atoms with E-state index in [1.807, 2.05) is 20.8 Å². The monoisotopic (exact) mass is 305 g/mol. The Labute approximate surface area is 129 Å². The number of piperazine rings is 1. The van der Waals surface area contributed by atoms with E-state index in [-0.39, 0.29) is 11.6 Å². The van der Waals surface area contributed by atoms with Crippen LogP contribution in [0.25, 0.3) is 0 Å². The van der Waals surface area contributed by atoms with Gasteiger partial charge in [-0.3, -0.25) is 4.90 Å². The van der Waals surface area contributed by atoms with Crippen LogP contribution in [0, 0.1) is 17.1 Å². The van der Waals surface area contributed by atoms with Gasteiger partial charge in [0.2, 0.25) is 0 Å². The lowest BCUT2D eigenvalue weighted by atomic mass is 10.0. The van der Waals surface area contributed by atoms with Gasteiger partial charge in [-0.1, -0.05) is 6.07 Å². The minimum atomic E-state index is -0.581. The fourth-order valence-corrected chi connectivity index (χ4v) is 2.37.